The summed E-state index contributed by atoms with van der Waals surface area (Å²) in [5.74, 6) is -0.869. The third kappa shape index (κ3) is 1.31. The van der Waals surface area contributed by atoms with Gasteiger partial charge in [-0.3, -0.25) is 0 Å². The first kappa shape index (κ1) is 4.38. The van der Waals surface area contributed by atoms with Crippen LogP contribution >= 0.6 is 15.9 Å². The maximum atomic E-state index is 12.2. The maximum absolute atomic E-state index is 12.2. The molecule has 0 unspecified atom stereocenters. The van der Waals surface area contributed by atoms with Gasteiger partial charge in [0.25, 0.3) is 6.43 Å². The van der Waals surface area contributed by atoms with Gasteiger partial charge in [0.05, 0.1) is 0 Å². The Balaban J connectivity index is 3.20. The smallest absolute Gasteiger partial charge is 0.247 e. The lowest BCUT2D eigenvalue weighted by Crippen LogP contribution is -1.98. The van der Waals surface area contributed by atoms with Crippen molar-refractivity contribution in [2.45, 2.75) is 6.43 Å². The van der Waals surface area contributed by atoms with E-state index in [1.807, 2.05) is 0 Å². The molecule has 0 saturated carbocycles. The molecule has 1 heterocycles. The van der Waals surface area contributed by atoms with Crippen molar-refractivity contribution in [2.24, 2.45) is 6.98 Å². The lowest BCUT2D eigenvalue weighted by Gasteiger charge is -1.94. The van der Waals surface area contributed by atoms with Gasteiger partial charge in [-0.25, -0.2) is 13.5 Å². The molecule has 0 spiro atoms. The quantitative estimate of drug-likeness (QED) is 0.710. The normalized spacial score (nSPS) is 16.6. The second kappa shape index (κ2) is 2.61. The van der Waals surface area contributed by atoms with E-state index in [9.17, 15) is 8.78 Å². The molecule has 0 N–H and O–H groups in total. The molecule has 0 atom stereocenters. The molecule has 1 rings (SSSR count). The number of alkyl halides is 2. The molecule has 0 radical (unpaired) electrons. The first-order valence-electron chi connectivity index (χ1n) is 3.73. The largest absolute Gasteiger partial charge is 0.297 e. The van der Waals surface area contributed by atoms with Crippen LogP contribution in [0.25, 0.3) is 0 Å². The van der Waals surface area contributed by atoms with Gasteiger partial charge in [-0.05, 0) is 15.9 Å². The summed E-state index contributed by atoms with van der Waals surface area (Å²) in [5.41, 5.74) is 0. The average molecular weight is 215 g/mol. The molecule has 3 nitrogen and oxygen atoms in total. The van der Waals surface area contributed by atoms with Crippen LogP contribution in [-0.2, 0) is 6.98 Å². The third-order valence-corrected chi connectivity index (χ3v) is 1.14. The van der Waals surface area contributed by atoms with Crippen LogP contribution in [0.15, 0.2) is 4.73 Å². The maximum Gasteiger partial charge on any atom is 0.297 e. The van der Waals surface area contributed by atoms with Crippen LogP contribution in [0.4, 0.5) is 8.78 Å². The number of hydrogen-bond donors (Lipinski definition) is 0. The lowest BCUT2D eigenvalue weighted by atomic mass is 10.6. The highest BCUT2D eigenvalue weighted by molar-refractivity contribution is 9.10. The summed E-state index contributed by atoms with van der Waals surface area (Å²) < 4.78 is 45.0. The van der Waals surface area contributed by atoms with Gasteiger partial charge in [0.2, 0.25) is 4.73 Å². The van der Waals surface area contributed by atoms with E-state index in [0.717, 1.165) is 0 Å². The van der Waals surface area contributed by atoms with Crippen molar-refractivity contribution < 1.29 is 12.9 Å². The molecule has 0 aromatic carbocycles. The summed E-state index contributed by atoms with van der Waals surface area (Å²) in [7, 11) is 0. The summed E-state index contributed by atoms with van der Waals surface area (Å²) in [4.78, 5) is 3.24. The van der Waals surface area contributed by atoms with E-state index < -0.39 is 19.2 Å². The standard InChI is InChI=1S/C4H4BrF2N3/c1-10-3(2(6)7)8-4(5)9-10/h2H,1H3/i1D3. The van der Waals surface area contributed by atoms with Gasteiger partial charge in [0, 0.05) is 11.1 Å². The number of rotatable bonds is 1. The number of nitrogens with zero attached hydrogens (tertiary/aromatic N) is 3. The summed E-state index contributed by atoms with van der Waals surface area (Å²) in [6, 6.07) is 0. The summed E-state index contributed by atoms with van der Waals surface area (Å²) in [6.45, 7) is -2.73. The van der Waals surface area contributed by atoms with Crippen LogP contribution in [0.5, 0.6) is 0 Å². The molecule has 0 amide bonds. The van der Waals surface area contributed by atoms with E-state index in [4.69, 9.17) is 4.11 Å². The van der Waals surface area contributed by atoms with E-state index in [1.54, 1.807) is 0 Å². The molecule has 6 heteroatoms. The highest BCUT2D eigenvalue weighted by Gasteiger charge is 2.14. The molecule has 0 aliphatic heterocycles. The minimum Gasteiger partial charge on any atom is -0.247 e. The Hall–Kier alpha value is -0.520. The van der Waals surface area contributed by atoms with Crippen LogP contribution in [-0.4, -0.2) is 14.8 Å². The van der Waals surface area contributed by atoms with Gasteiger partial charge >= 0.3 is 0 Å². The molecule has 1 aromatic rings. The SMILES string of the molecule is [2H]C([2H])([2H])n1nc(Br)nc1C(F)F. The Kier molecular flexibility index (Phi) is 1.14. The minimum absolute atomic E-state index is 0.168. The molecule has 0 aliphatic rings. The molecule has 56 valence electrons. The molecule has 1 aromatic heterocycles. The summed E-state index contributed by atoms with van der Waals surface area (Å²) in [6.07, 6.45) is -2.96. The topological polar surface area (TPSA) is 30.7 Å². The van der Waals surface area contributed by atoms with Crippen LogP contribution < -0.4 is 0 Å². The van der Waals surface area contributed by atoms with Crippen molar-refractivity contribution in [3.8, 4) is 0 Å². The van der Waals surface area contributed by atoms with Crippen LogP contribution in [0, 0.1) is 0 Å². The first-order chi connectivity index (χ1) is 5.82. The van der Waals surface area contributed by atoms with Gasteiger partial charge in [0.1, 0.15) is 0 Å². The van der Waals surface area contributed by atoms with E-state index in [1.165, 1.54) is 0 Å². The van der Waals surface area contributed by atoms with E-state index in [-0.39, 0.29) is 9.42 Å². The van der Waals surface area contributed by atoms with Crippen LogP contribution in [0.3, 0.4) is 0 Å². The Morgan fingerprint density at radius 2 is 2.50 bits per heavy atom. The predicted molar refractivity (Wildman–Crippen MR) is 33.7 cm³/mol. The Labute approximate surface area is 68.4 Å². The Morgan fingerprint density at radius 3 is 2.90 bits per heavy atom. The van der Waals surface area contributed by atoms with Crippen molar-refractivity contribution in [3.63, 3.8) is 0 Å². The zero-order valence-corrected chi connectivity index (χ0v) is 6.14. The summed E-state index contributed by atoms with van der Waals surface area (Å²) >= 11 is 2.72. The van der Waals surface area contributed by atoms with Gasteiger partial charge in [-0.1, -0.05) is 0 Å². The molecule has 0 bridgehead atoms. The van der Waals surface area contributed by atoms with Crippen molar-refractivity contribution >= 4 is 15.9 Å². The highest BCUT2D eigenvalue weighted by atomic mass is 79.9. The highest BCUT2D eigenvalue weighted by Crippen LogP contribution is 2.16. The molecule has 0 aliphatic carbocycles. The zero-order chi connectivity index (χ0) is 10.2. The fraction of sp³-hybridized carbons (Fsp3) is 0.500. The average Bonchev–Trinajstić information content (AvgIpc) is 2.29. The Bertz CT molecular complexity index is 310. The second-order valence-electron chi connectivity index (χ2n) is 1.45. The Morgan fingerprint density at radius 1 is 1.80 bits per heavy atom. The predicted octanol–water partition coefficient (Wildman–Crippen LogP) is 1.52. The van der Waals surface area contributed by atoms with Crippen LogP contribution in [0.2, 0.25) is 0 Å². The van der Waals surface area contributed by atoms with E-state index >= 15 is 0 Å². The number of aryl methyl sites for hydroxylation is 1. The van der Waals surface area contributed by atoms with Crippen molar-refractivity contribution in [2.75, 3.05) is 0 Å². The monoisotopic (exact) mass is 214 g/mol. The van der Waals surface area contributed by atoms with E-state index in [2.05, 4.69) is 26.0 Å². The molecular weight excluding hydrogens is 208 g/mol. The van der Waals surface area contributed by atoms with Crippen molar-refractivity contribution in [3.05, 3.63) is 10.6 Å². The first-order valence-corrected chi connectivity index (χ1v) is 3.03. The molecule has 0 saturated heterocycles. The lowest BCUT2D eigenvalue weighted by molar-refractivity contribution is 0.135. The second-order valence-corrected chi connectivity index (χ2v) is 2.16. The minimum atomic E-state index is -2.96. The van der Waals surface area contributed by atoms with Gasteiger partial charge in [-0.2, -0.15) is 4.98 Å². The van der Waals surface area contributed by atoms with Crippen molar-refractivity contribution in [1.82, 2.24) is 14.8 Å². The molecule has 10 heavy (non-hydrogen) atoms. The molecule has 0 fully saturated rings. The number of hydrogen-bond acceptors (Lipinski definition) is 2. The number of aromatic nitrogens is 3. The van der Waals surface area contributed by atoms with Gasteiger partial charge < -0.3 is 0 Å². The van der Waals surface area contributed by atoms with Crippen molar-refractivity contribution in [1.29, 1.82) is 0 Å². The third-order valence-electron chi connectivity index (χ3n) is 0.802. The molecular formula is C4H4BrF2N3. The fourth-order valence-electron chi connectivity index (χ4n) is 0.439. The summed E-state index contributed by atoms with van der Waals surface area (Å²) in [5, 5.41) is 3.28. The van der Waals surface area contributed by atoms with Crippen LogP contribution in [0.1, 0.15) is 16.4 Å². The van der Waals surface area contributed by atoms with Gasteiger partial charge in [-0.15, -0.1) is 5.10 Å². The fourth-order valence-corrected chi connectivity index (χ4v) is 0.779. The number of halogens is 3. The van der Waals surface area contributed by atoms with E-state index in [0.29, 0.717) is 0 Å². The van der Waals surface area contributed by atoms with Gasteiger partial charge in [0.15, 0.2) is 5.82 Å². The zero-order valence-electron chi connectivity index (χ0n) is 7.55.